The molecule has 2 aromatic carbocycles. The van der Waals surface area contributed by atoms with Gasteiger partial charge >= 0.3 is 5.97 Å². The number of nitrogens with zero attached hydrogens (tertiary/aromatic N) is 5. The van der Waals surface area contributed by atoms with Gasteiger partial charge in [-0.05, 0) is 49.2 Å². The first-order chi connectivity index (χ1) is 24.7. The summed E-state index contributed by atoms with van der Waals surface area (Å²) in [5.41, 5.74) is 4.00. The number of aliphatic hydroxyl groups excluding tert-OH is 3. The molecule has 14 heteroatoms. The molecule has 5 heterocycles. The number of aliphatic hydroxyl groups is 3. The van der Waals surface area contributed by atoms with Crippen LogP contribution in [0.1, 0.15) is 19.8 Å². The van der Waals surface area contributed by atoms with Crippen LogP contribution in [0.5, 0.6) is 5.75 Å². The molecule has 3 aliphatic heterocycles. The van der Waals surface area contributed by atoms with E-state index >= 15 is 0 Å². The van der Waals surface area contributed by atoms with E-state index < -0.39 is 36.5 Å². The standard InChI is InChI=1S/C28H30FN5O.C8H14O6.CH4O/c1-35-22-18-20-4-2-10-30-27(20)26(19-22)34-16-14-32(15-17-34)21-8-12-33(13-9-21)25-7-6-24(29)23-5-3-11-31-28(23)25;1-3-4(9)6(7(11)12)14-8(13-2)5(3)10;1-2/h2-7,10-11,18-19,21H,8-9,12-17H2,1H3;3-6,8-10H,1-2H3,(H,11,12);2H,1H3. The second-order valence-corrected chi connectivity index (χ2v) is 12.8. The van der Waals surface area contributed by atoms with Gasteiger partial charge in [-0.2, -0.15) is 0 Å². The fourth-order valence-corrected chi connectivity index (χ4v) is 7.11. The predicted molar refractivity (Wildman–Crippen MR) is 192 cm³/mol. The Morgan fingerprint density at radius 1 is 0.863 bits per heavy atom. The molecule has 7 rings (SSSR count). The largest absolute Gasteiger partial charge is 0.497 e. The molecule has 51 heavy (non-hydrogen) atoms. The van der Waals surface area contributed by atoms with Crippen molar-refractivity contribution < 1.29 is 43.8 Å². The first-order valence-electron chi connectivity index (χ1n) is 17.1. The van der Waals surface area contributed by atoms with Crippen LogP contribution in [0.25, 0.3) is 21.8 Å². The molecular formula is C37H48FN5O8. The monoisotopic (exact) mass is 709 g/mol. The number of ether oxygens (including phenoxy) is 3. The summed E-state index contributed by atoms with van der Waals surface area (Å²) in [5.74, 6) is -1.20. The van der Waals surface area contributed by atoms with Crippen LogP contribution in [0.4, 0.5) is 15.8 Å². The lowest BCUT2D eigenvalue weighted by atomic mass is 9.91. The van der Waals surface area contributed by atoms with E-state index in [-0.39, 0.29) is 5.82 Å². The van der Waals surface area contributed by atoms with Crippen molar-refractivity contribution in [1.82, 2.24) is 14.9 Å². The lowest BCUT2D eigenvalue weighted by Gasteiger charge is -2.44. The number of hydrogen-bond donors (Lipinski definition) is 4. The zero-order valence-electron chi connectivity index (χ0n) is 29.4. The molecule has 3 fully saturated rings. The summed E-state index contributed by atoms with van der Waals surface area (Å²) in [4.78, 5) is 27.3. The highest BCUT2D eigenvalue weighted by atomic mass is 19.1. The fourth-order valence-electron chi connectivity index (χ4n) is 7.11. The van der Waals surface area contributed by atoms with Crippen LogP contribution in [0.3, 0.4) is 0 Å². The summed E-state index contributed by atoms with van der Waals surface area (Å²) in [5, 5.41) is 36.4. The highest BCUT2D eigenvalue weighted by molar-refractivity contribution is 5.93. The topological polar surface area (TPSA) is 161 Å². The average molecular weight is 710 g/mol. The zero-order valence-corrected chi connectivity index (χ0v) is 29.4. The molecule has 2 aromatic heterocycles. The number of carbonyl (C=O) groups is 1. The van der Waals surface area contributed by atoms with Crippen molar-refractivity contribution in [1.29, 1.82) is 0 Å². The summed E-state index contributed by atoms with van der Waals surface area (Å²) < 4.78 is 29.4. The highest BCUT2D eigenvalue weighted by Crippen LogP contribution is 2.33. The summed E-state index contributed by atoms with van der Waals surface area (Å²) >= 11 is 0. The number of piperidine rings is 1. The fraction of sp³-hybridized carbons (Fsp3) is 0.486. The number of aromatic nitrogens is 2. The van der Waals surface area contributed by atoms with E-state index in [4.69, 9.17) is 24.4 Å². The minimum Gasteiger partial charge on any atom is -0.497 e. The van der Waals surface area contributed by atoms with Gasteiger partial charge in [0.25, 0.3) is 0 Å². The first-order valence-corrected chi connectivity index (χ1v) is 17.1. The Labute approximate surface area is 296 Å². The van der Waals surface area contributed by atoms with Crippen molar-refractivity contribution in [3.05, 3.63) is 66.7 Å². The Morgan fingerprint density at radius 3 is 2.16 bits per heavy atom. The molecule has 0 saturated carbocycles. The lowest BCUT2D eigenvalue weighted by molar-refractivity contribution is -0.273. The van der Waals surface area contributed by atoms with Gasteiger partial charge in [-0.3, -0.25) is 14.9 Å². The Balaban J connectivity index is 0.000000266. The molecule has 276 valence electrons. The SMILES string of the molecule is CO.COC1OC(C(=O)O)C(O)C(C)C1O.COc1cc(N2CCN(C3CCN(c4ccc(F)c5cccnc45)CC3)CC2)c2ncccc2c1. The normalized spacial score (nSPS) is 24.4. The Hall–Kier alpha value is -4.18. The van der Waals surface area contributed by atoms with Crippen LogP contribution in [-0.2, 0) is 14.3 Å². The number of carboxylic acid groups (broad SMARTS) is 1. The van der Waals surface area contributed by atoms with Crippen LogP contribution >= 0.6 is 0 Å². The smallest absolute Gasteiger partial charge is 0.335 e. The highest BCUT2D eigenvalue weighted by Gasteiger charge is 2.45. The van der Waals surface area contributed by atoms with Crippen LogP contribution in [0.15, 0.2) is 60.9 Å². The molecule has 3 saturated heterocycles. The minimum atomic E-state index is -1.35. The molecule has 13 nitrogen and oxygen atoms in total. The van der Waals surface area contributed by atoms with Crippen LogP contribution in [0.2, 0.25) is 0 Å². The van der Waals surface area contributed by atoms with Crippen molar-refractivity contribution >= 4 is 39.1 Å². The maximum atomic E-state index is 14.2. The van der Waals surface area contributed by atoms with Gasteiger partial charge in [0.2, 0.25) is 0 Å². The van der Waals surface area contributed by atoms with E-state index in [1.807, 2.05) is 24.4 Å². The molecule has 4 N–H and O–H groups in total. The third-order valence-corrected chi connectivity index (χ3v) is 9.99. The minimum absolute atomic E-state index is 0.205. The number of fused-ring (bicyclic) bond motifs is 2. The third kappa shape index (κ3) is 8.32. The number of halogens is 1. The molecule has 3 aliphatic rings. The number of carboxylic acids is 1. The van der Waals surface area contributed by atoms with Gasteiger partial charge in [0, 0.05) is 94.7 Å². The van der Waals surface area contributed by atoms with Crippen LogP contribution in [-0.4, -0.2) is 133 Å². The quantitative estimate of drug-likeness (QED) is 0.232. The molecule has 0 aliphatic carbocycles. The number of anilines is 2. The van der Waals surface area contributed by atoms with Gasteiger partial charge in [0.1, 0.15) is 17.7 Å². The van der Waals surface area contributed by atoms with Crippen molar-refractivity contribution in [3.8, 4) is 5.75 Å². The molecular weight excluding hydrogens is 661 g/mol. The van der Waals surface area contributed by atoms with Crippen LogP contribution < -0.4 is 14.5 Å². The molecule has 0 amide bonds. The number of hydrogen-bond acceptors (Lipinski definition) is 12. The second kappa shape index (κ2) is 17.4. The molecule has 0 bridgehead atoms. The maximum Gasteiger partial charge on any atom is 0.335 e. The van der Waals surface area contributed by atoms with E-state index in [1.165, 1.54) is 7.11 Å². The number of rotatable bonds is 6. The number of methoxy groups -OCH3 is 2. The van der Waals surface area contributed by atoms with Gasteiger partial charge in [0.15, 0.2) is 12.4 Å². The lowest BCUT2D eigenvalue weighted by Crippen LogP contribution is -2.56. The van der Waals surface area contributed by atoms with Crippen molar-refractivity contribution in [2.45, 2.75) is 50.4 Å². The molecule has 0 spiro atoms. The van der Waals surface area contributed by atoms with Gasteiger partial charge in [0.05, 0.1) is 35.6 Å². The van der Waals surface area contributed by atoms with Gasteiger partial charge in [-0.15, -0.1) is 0 Å². The Bertz CT molecular complexity index is 1750. The molecule has 5 unspecified atom stereocenters. The Morgan fingerprint density at radius 2 is 1.51 bits per heavy atom. The van der Waals surface area contributed by atoms with Crippen molar-refractivity contribution in [3.63, 3.8) is 0 Å². The van der Waals surface area contributed by atoms with Crippen molar-refractivity contribution in [2.24, 2.45) is 5.92 Å². The summed E-state index contributed by atoms with van der Waals surface area (Å²) in [6, 6.07) is 15.9. The molecule has 4 aromatic rings. The van der Waals surface area contributed by atoms with Gasteiger partial charge in [-0.25, -0.2) is 9.18 Å². The average Bonchev–Trinajstić information content (AvgIpc) is 3.18. The second-order valence-electron chi connectivity index (χ2n) is 12.8. The summed E-state index contributed by atoms with van der Waals surface area (Å²) in [6.07, 6.45) is 1.22. The van der Waals surface area contributed by atoms with Crippen LogP contribution in [0, 0.1) is 11.7 Å². The number of aliphatic carboxylic acids is 1. The van der Waals surface area contributed by atoms with Gasteiger partial charge in [-0.1, -0.05) is 13.0 Å². The maximum absolute atomic E-state index is 14.2. The number of piperazine rings is 1. The van der Waals surface area contributed by atoms with Crippen molar-refractivity contribution in [2.75, 3.05) is 70.4 Å². The third-order valence-electron chi connectivity index (χ3n) is 9.99. The predicted octanol–water partition coefficient (Wildman–Crippen LogP) is 3.13. The van der Waals surface area contributed by atoms with E-state index in [0.29, 0.717) is 11.4 Å². The summed E-state index contributed by atoms with van der Waals surface area (Å²) in [7, 11) is 4.02. The molecule has 0 radical (unpaired) electrons. The van der Waals surface area contributed by atoms with E-state index in [0.717, 1.165) is 92.8 Å². The van der Waals surface area contributed by atoms with E-state index in [9.17, 15) is 19.4 Å². The van der Waals surface area contributed by atoms with E-state index in [2.05, 4.69) is 42.9 Å². The van der Waals surface area contributed by atoms with E-state index in [1.54, 1.807) is 32.4 Å². The van der Waals surface area contributed by atoms with Gasteiger partial charge < -0.3 is 44.4 Å². The Kier molecular flexibility index (Phi) is 13.0. The number of benzene rings is 2. The summed E-state index contributed by atoms with van der Waals surface area (Å²) in [6.45, 7) is 7.50. The zero-order chi connectivity index (χ0) is 36.7. The first kappa shape index (κ1) is 38.1. The number of pyridine rings is 2. The molecule has 5 atom stereocenters.